The summed E-state index contributed by atoms with van der Waals surface area (Å²) >= 11 is 11.8. The number of benzene rings is 1. The zero-order chi connectivity index (χ0) is 14.8. The zero-order valence-corrected chi connectivity index (χ0v) is 12.1. The first-order chi connectivity index (χ1) is 10.1. The summed E-state index contributed by atoms with van der Waals surface area (Å²) in [5, 5.41) is 2.72. The topological polar surface area (TPSA) is 73.3 Å². The molecular formula is C13H9Cl2N3O3. The van der Waals surface area contributed by atoms with Gasteiger partial charge < -0.3 is 14.8 Å². The van der Waals surface area contributed by atoms with Gasteiger partial charge >= 0.3 is 0 Å². The summed E-state index contributed by atoms with van der Waals surface area (Å²) in [6, 6.07) is 4.89. The summed E-state index contributed by atoms with van der Waals surface area (Å²) in [6.45, 7) is 0.938. The van der Waals surface area contributed by atoms with Crippen molar-refractivity contribution < 1.29 is 14.3 Å². The number of nitrogens with one attached hydrogen (secondary N) is 1. The molecule has 2 heterocycles. The maximum absolute atomic E-state index is 12.2. The van der Waals surface area contributed by atoms with Crippen molar-refractivity contribution in [1.82, 2.24) is 9.97 Å². The highest BCUT2D eigenvalue weighted by atomic mass is 35.5. The van der Waals surface area contributed by atoms with Crippen LogP contribution >= 0.6 is 23.2 Å². The molecule has 21 heavy (non-hydrogen) atoms. The third-order valence-electron chi connectivity index (χ3n) is 2.80. The largest absolute Gasteiger partial charge is 0.486 e. The van der Waals surface area contributed by atoms with E-state index < -0.39 is 5.91 Å². The Bertz CT molecular complexity index is 689. The SMILES string of the molecule is O=C(Nc1c(Cl)ncnc1Cl)c1ccc2c(c1)OCCO2. The molecule has 0 bridgehead atoms. The van der Waals surface area contributed by atoms with Crippen LogP contribution in [0.1, 0.15) is 10.4 Å². The predicted octanol–water partition coefficient (Wildman–Crippen LogP) is 2.81. The minimum absolute atomic E-state index is 0.0703. The van der Waals surface area contributed by atoms with Gasteiger partial charge in [-0.3, -0.25) is 4.79 Å². The number of ether oxygens (including phenoxy) is 2. The van der Waals surface area contributed by atoms with E-state index in [4.69, 9.17) is 32.7 Å². The number of amides is 1. The molecule has 0 fully saturated rings. The summed E-state index contributed by atoms with van der Waals surface area (Å²) in [5.74, 6) is 0.734. The summed E-state index contributed by atoms with van der Waals surface area (Å²) < 4.78 is 10.8. The number of halogens is 2. The number of anilines is 1. The van der Waals surface area contributed by atoms with Gasteiger partial charge in [0.1, 0.15) is 25.2 Å². The number of fused-ring (bicyclic) bond motifs is 1. The Balaban J connectivity index is 1.86. The van der Waals surface area contributed by atoms with E-state index in [0.717, 1.165) is 0 Å². The molecule has 0 saturated carbocycles. The molecule has 1 aromatic heterocycles. The van der Waals surface area contributed by atoms with Gasteiger partial charge in [0.2, 0.25) is 0 Å². The quantitative estimate of drug-likeness (QED) is 0.859. The first kappa shape index (κ1) is 13.9. The van der Waals surface area contributed by atoms with Crippen molar-refractivity contribution in [2.24, 2.45) is 0 Å². The van der Waals surface area contributed by atoms with E-state index in [2.05, 4.69) is 15.3 Å². The molecule has 8 heteroatoms. The summed E-state index contributed by atoms with van der Waals surface area (Å²) in [7, 11) is 0. The van der Waals surface area contributed by atoms with Gasteiger partial charge in [-0.2, -0.15) is 0 Å². The minimum Gasteiger partial charge on any atom is -0.486 e. The van der Waals surface area contributed by atoms with E-state index in [-0.39, 0.29) is 16.0 Å². The molecule has 1 aliphatic heterocycles. The van der Waals surface area contributed by atoms with Crippen LogP contribution in [0.4, 0.5) is 5.69 Å². The lowest BCUT2D eigenvalue weighted by Gasteiger charge is -2.18. The molecule has 2 aromatic rings. The Hall–Kier alpha value is -2.05. The monoisotopic (exact) mass is 325 g/mol. The number of nitrogens with zero attached hydrogens (tertiary/aromatic N) is 2. The normalized spacial score (nSPS) is 12.9. The Kier molecular flexibility index (Phi) is 3.81. The van der Waals surface area contributed by atoms with Gasteiger partial charge in [-0.25, -0.2) is 9.97 Å². The van der Waals surface area contributed by atoms with E-state index in [9.17, 15) is 4.79 Å². The van der Waals surface area contributed by atoms with Crippen molar-refractivity contribution in [3.8, 4) is 11.5 Å². The van der Waals surface area contributed by atoms with Crippen LogP contribution in [0.5, 0.6) is 11.5 Å². The predicted molar refractivity (Wildman–Crippen MR) is 77.4 cm³/mol. The molecule has 0 spiro atoms. The van der Waals surface area contributed by atoms with Gasteiger partial charge in [0.25, 0.3) is 5.91 Å². The maximum atomic E-state index is 12.2. The third kappa shape index (κ3) is 2.86. The van der Waals surface area contributed by atoms with Crippen LogP contribution in [0.15, 0.2) is 24.5 Å². The second-order valence-corrected chi connectivity index (χ2v) is 4.86. The van der Waals surface area contributed by atoms with E-state index in [1.807, 2.05) is 0 Å². The number of aromatic nitrogens is 2. The first-order valence-electron chi connectivity index (χ1n) is 6.02. The lowest BCUT2D eigenvalue weighted by molar-refractivity contribution is 0.102. The van der Waals surface area contributed by atoms with E-state index >= 15 is 0 Å². The van der Waals surface area contributed by atoms with Crippen LogP contribution in [-0.2, 0) is 0 Å². The molecule has 0 atom stereocenters. The van der Waals surface area contributed by atoms with Crippen LogP contribution in [-0.4, -0.2) is 29.1 Å². The van der Waals surface area contributed by atoms with Gasteiger partial charge in [-0.1, -0.05) is 23.2 Å². The number of carbonyl (C=O) groups is 1. The van der Waals surface area contributed by atoms with Crippen LogP contribution in [0.2, 0.25) is 10.3 Å². The number of rotatable bonds is 2. The molecular weight excluding hydrogens is 317 g/mol. The van der Waals surface area contributed by atoms with Gasteiger partial charge in [-0.15, -0.1) is 0 Å². The van der Waals surface area contributed by atoms with Crippen molar-refractivity contribution in [3.63, 3.8) is 0 Å². The van der Waals surface area contributed by atoms with E-state index in [0.29, 0.717) is 30.3 Å². The van der Waals surface area contributed by atoms with Crippen LogP contribution in [0.3, 0.4) is 0 Å². The lowest BCUT2D eigenvalue weighted by Crippen LogP contribution is -2.17. The zero-order valence-electron chi connectivity index (χ0n) is 10.6. The van der Waals surface area contributed by atoms with Crippen LogP contribution in [0.25, 0.3) is 0 Å². The van der Waals surface area contributed by atoms with Crippen LogP contribution < -0.4 is 14.8 Å². The number of hydrogen-bond acceptors (Lipinski definition) is 5. The Labute approximate surface area is 130 Å². The first-order valence-corrected chi connectivity index (χ1v) is 6.78. The highest BCUT2D eigenvalue weighted by Crippen LogP contribution is 2.31. The highest BCUT2D eigenvalue weighted by Gasteiger charge is 2.17. The molecule has 6 nitrogen and oxygen atoms in total. The van der Waals surface area contributed by atoms with Gasteiger partial charge in [0.05, 0.1) is 0 Å². The van der Waals surface area contributed by atoms with Gasteiger partial charge in [0, 0.05) is 5.56 Å². The third-order valence-corrected chi connectivity index (χ3v) is 3.37. The molecule has 1 aromatic carbocycles. The smallest absolute Gasteiger partial charge is 0.255 e. The molecule has 0 saturated heterocycles. The highest BCUT2D eigenvalue weighted by molar-refractivity contribution is 6.38. The van der Waals surface area contributed by atoms with E-state index in [1.165, 1.54) is 6.33 Å². The van der Waals surface area contributed by atoms with Crippen molar-refractivity contribution in [2.75, 3.05) is 18.5 Å². The van der Waals surface area contributed by atoms with Crippen LogP contribution in [0, 0.1) is 0 Å². The average molecular weight is 326 g/mol. The fraction of sp³-hybridized carbons (Fsp3) is 0.154. The van der Waals surface area contributed by atoms with Crippen molar-refractivity contribution in [3.05, 3.63) is 40.4 Å². The summed E-state index contributed by atoms with van der Waals surface area (Å²) in [6.07, 6.45) is 1.21. The molecule has 1 aliphatic rings. The molecule has 108 valence electrons. The Morgan fingerprint density at radius 3 is 2.48 bits per heavy atom. The molecule has 3 rings (SSSR count). The molecule has 1 N–H and O–H groups in total. The second kappa shape index (κ2) is 5.75. The fourth-order valence-electron chi connectivity index (χ4n) is 1.82. The summed E-state index contributed by atoms with van der Waals surface area (Å²) in [4.78, 5) is 19.8. The average Bonchev–Trinajstić information content (AvgIpc) is 2.50. The van der Waals surface area contributed by atoms with E-state index in [1.54, 1.807) is 18.2 Å². The second-order valence-electron chi connectivity index (χ2n) is 4.14. The number of carbonyl (C=O) groups excluding carboxylic acids is 1. The molecule has 1 amide bonds. The minimum atomic E-state index is -0.398. The Morgan fingerprint density at radius 2 is 1.76 bits per heavy atom. The lowest BCUT2D eigenvalue weighted by atomic mass is 10.2. The number of hydrogen-bond donors (Lipinski definition) is 1. The maximum Gasteiger partial charge on any atom is 0.255 e. The molecule has 0 unspecified atom stereocenters. The van der Waals surface area contributed by atoms with Crippen molar-refractivity contribution in [1.29, 1.82) is 0 Å². The Morgan fingerprint density at radius 1 is 1.10 bits per heavy atom. The van der Waals surface area contributed by atoms with Crippen molar-refractivity contribution in [2.45, 2.75) is 0 Å². The standard InChI is InChI=1S/C13H9Cl2N3O3/c14-11-10(12(15)17-6-16-11)18-13(19)7-1-2-8-9(5-7)21-4-3-20-8/h1-2,5-6H,3-4H2,(H,18,19). The molecule has 0 aliphatic carbocycles. The molecule has 0 radical (unpaired) electrons. The summed E-state index contributed by atoms with van der Waals surface area (Å²) in [5.41, 5.74) is 0.552. The van der Waals surface area contributed by atoms with Gasteiger partial charge in [-0.05, 0) is 18.2 Å². The van der Waals surface area contributed by atoms with Gasteiger partial charge in [0.15, 0.2) is 21.8 Å². The fourth-order valence-corrected chi connectivity index (χ4v) is 2.23. The van der Waals surface area contributed by atoms with Crippen molar-refractivity contribution >= 4 is 34.8 Å².